The van der Waals surface area contributed by atoms with E-state index in [2.05, 4.69) is 36.5 Å². The normalized spacial score (nSPS) is 19.0. The predicted octanol–water partition coefficient (Wildman–Crippen LogP) is 2.62. The van der Waals surface area contributed by atoms with Gasteiger partial charge in [0.15, 0.2) is 0 Å². The van der Waals surface area contributed by atoms with E-state index >= 15 is 0 Å². The Labute approximate surface area is 159 Å². The van der Waals surface area contributed by atoms with Crippen molar-refractivity contribution in [2.75, 3.05) is 6.54 Å². The number of fused-ring (bicyclic) bond motifs is 1. The van der Waals surface area contributed by atoms with Crippen LogP contribution in [0.2, 0.25) is 0 Å². The molecule has 2 aromatic heterocycles. The van der Waals surface area contributed by atoms with E-state index in [1.165, 1.54) is 6.21 Å². The molecule has 3 N–H and O–H groups in total. The van der Waals surface area contributed by atoms with Gasteiger partial charge in [0.2, 0.25) is 5.91 Å². The molecule has 0 saturated carbocycles. The minimum Gasteiger partial charge on any atom is -0.488 e. The standard InChI is InChI=1S/C20H27N5O2/c1-13(14-8-19(26)22-10-14)27-18-7-15(12-25-17(18)5-6-24-25)16(9-21)11-23-20(2,3)4/h5-7,9,11-14,21,23H,8,10H2,1-4H3,(H,22,26)/b16-11+,21-9?. The second kappa shape index (κ2) is 7.42. The summed E-state index contributed by atoms with van der Waals surface area (Å²) in [6.07, 6.45) is 7.13. The van der Waals surface area contributed by atoms with E-state index in [4.69, 9.17) is 10.1 Å². The van der Waals surface area contributed by atoms with Crippen LogP contribution in [0.3, 0.4) is 0 Å². The molecule has 2 aromatic rings. The van der Waals surface area contributed by atoms with Crippen molar-refractivity contribution in [3.05, 3.63) is 36.3 Å². The number of hydrogen-bond donors (Lipinski definition) is 3. The maximum atomic E-state index is 11.5. The third kappa shape index (κ3) is 4.48. The van der Waals surface area contributed by atoms with Crippen LogP contribution in [0.5, 0.6) is 5.75 Å². The molecule has 7 heteroatoms. The van der Waals surface area contributed by atoms with Crippen LogP contribution < -0.4 is 15.4 Å². The Morgan fingerprint density at radius 1 is 1.52 bits per heavy atom. The fraction of sp³-hybridized carbons (Fsp3) is 0.450. The molecule has 1 aliphatic heterocycles. The molecule has 0 aliphatic carbocycles. The molecule has 1 aliphatic rings. The number of pyridine rings is 1. The molecule has 7 nitrogen and oxygen atoms in total. The number of carbonyl (C=O) groups excluding carboxylic acids is 1. The van der Waals surface area contributed by atoms with Gasteiger partial charge in [-0.25, -0.2) is 4.52 Å². The fourth-order valence-electron chi connectivity index (χ4n) is 3.01. The molecule has 0 bridgehead atoms. The number of hydrogen-bond acceptors (Lipinski definition) is 5. The number of allylic oxidation sites excluding steroid dienone is 1. The Balaban J connectivity index is 1.92. The van der Waals surface area contributed by atoms with Crippen LogP contribution in [0.15, 0.2) is 30.7 Å². The molecule has 1 fully saturated rings. The minimum atomic E-state index is -0.113. The van der Waals surface area contributed by atoms with Crippen molar-refractivity contribution in [3.63, 3.8) is 0 Å². The van der Waals surface area contributed by atoms with Crippen molar-refractivity contribution in [1.82, 2.24) is 20.2 Å². The van der Waals surface area contributed by atoms with E-state index in [0.717, 1.165) is 16.7 Å². The van der Waals surface area contributed by atoms with E-state index in [1.807, 2.05) is 31.5 Å². The van der Waals surface area contributed by atoms with Gasteiger partial charge in [-0.1, -0.05) is 0 Å². The lowest BCUT2D eigenvalue weighted by Gasteiger charge is -2.21. The largest absolute Gasteiger partial charge is 0.488 e. The highest BCUT2D eigenvalue weighted by atomic mass is 16.5. The van der Waals surface area contributed by atoms with Crippen molar-refractivity contribution in [1.29, 1.82) is 5.41 Å². The van der Waals surface area contributed by atoms with Crippen molar-refractivity contribution < 1.29 is 9.53 Å². The number of nitrogens with zero attached hydrogens (tertiary/aromatic N) is 2. The lowest BCUT2D eigenvalue weighted by Crippen LogP contribution is -2.31. The highest BCUT2D eigenvalue weighted by Gasteiger charge is 2.28. The second-order valence-electron chi connectivity index (χ2n) is 7.98. The maximum Gasteiger partial charge on any atom is 0.220 e. The summed E-state index contributed by atoms with van der Waals surface area (Å²) in [5.41, 5.74) is 2.33. The number of nitrogens with one attached hydrogen (secondary N) is 3. The van der Waals surface area contributed by atoms with Gasteiger partial charge in [-0.05, 0) is 39.8 Å². The zero-order chi connectivity index (χ0) is 19.6. The molecule has 27 heavy (non-hydrogen) atoms. The average molecular weight is 369 g/mol. The Morgan fingerprint density at radius 3 is 2.93 bits per heavy atom. The summed E-state index contributed by atoms with van der Waals surface area (Å²) in [7, 11) is 0. The molecule has 3 rings (SSSR count). The van der Waals surface area contributed by atoms with E-state index in [-0.39, 0.29) is 23.5 Å². The first-order chi connectivity index (χ1) is 12.8. The van der Waals surface area contributed by atoms with Crippen LogP contribution in [0.1, 0.15) is 39.7 Å². The Morgan fingerprint density at radius 2 is 2.30 bits per heavy atom. The van der Waals surface area contributed by atoms with E-state index in [9.17, 15) is 4.79 Å². The molecule has 0 radical (unpaired) electrons. The van der Waals surface area contributed by atoms with Gasteiger partial charge in [0.25, 0.3) is 0 Å². The monoisotopic (exact) mass is 369 g/mol. The number of rotatable bonds is 6. The van der Waals surface area contributed by atoms with Crippen LogP contribution in [0.25, 0.3) is 11.1 Å². The van der Waals surface area contributed by atoms with Crippen LogP contribution in [-0.2, 0) is 4.79 Å². The number of carbonyl (C=O) groups is 1. The molecular formula is C20H27N5O2. The second-order valence-corrected chi connectivity index (χ2v) is 7.98. The maximum absolute atomic E-state index is 11.5. The third-order valence-electron chi connectivity index (χ3n) is 4.61. The Kier molecular flexibility index (Phi) is 5.21. The molecule has 1 amide bonds. The minimum absolute atomic E-state index is 0.0704. The third-order valence-corrected chi connectivity index (χ3v) is 4.61. The van der Waals surface area contributed by atoms with E-state index in [1.54, 1.807) is 10.7 Å². The summed E-state index contributed by atoms with van der Waals surface area (Å²) >= 11 is 0. The van der Waals surface area contributed by atoms with Crippen LogP contribution in [0, 0.1) is 11.3 Å². The number of amides is 1. The Hall–Kier alpha value is -2.83. The van der Waals surface area contributed by atoms with Crippen molar-refractivity contribution in [3.8, 4) is 5.75 Å². The zero-order valence-electron chi connectivity index (χ0n) is 16.2. The SMILES string of the molecule is CC(Oc1cc(/C(C=N)=C/NC(C)(C)C)cn2nccc12)C1CNC(=O)C1. The highest BCUT2D eigenvalue weighted by Crippen LogP contribution is 2.28. The smallest absolute Gasteiger partial charge is 0.220 e. The van der Waals surface area contributed by atoms with Crippen molar-refractivity contribution in [2.45, 2.75) is 45.8 Å². The van der Waals surface area contributed by atoms with Gasteiger partial charge in [-0.2, -0.15) is 5.10 Å². The van der Waals surface area contributed by atoms with Crippen molar-refractivity contribution in [2.24, 2.45) is 5.92 Å². The summed E-state index contributed by atoms with van der Waals surface area (Å²) < 4.78 is 7.98. The quantitative estimate of drug-likeness (QED) is 0.683. The average Bonchev–Trinajstić information content (AvgIpc) is 3.23. The summed E-state index contributed by atoms with van der Waals surface area (Å²) in [5, 5.41) is 18.3. The molecular weight excluding hydrogens is 342 g/mol. The summed E-state index contributed by atoms with van der Waals surface area (Å²) in [6, 6.07) is 3.82. The van der Waals surface area contributed by atoms with Crippen LogP contribution in [0.4, 0.5) is 0 Å². The van der Waals surface area contributed by atoms with Crippen molar-refractivity contribution >= 4 is 23.2 Å². The van der Waals surface area contributed by atoms with Gasteiger partial charge in [0.05, 0.1) is 6.20 Å². The van der Waals surface area contributed by atoms with Gasteiger partial charge in [0, 0.05) is 54.2 Å². The molecule has 2 atom stereocenters. The van der Waals surface area contributed by atoms with Gasteiger partial charge in [-0.3, -0.25) is 4.79 Å². The van der Waals surface area contributed by atoms with Crippen LogP contribution in [-0.4, -0.2) is 39.9 Å². The first-order valence-corrected chi connectivity index (χ1v) is 9.16. The molecule has 0 aromatic carbocycles. The first kappa shape index (κ1) is 18.9. The van der Waals surface area contributed by atoms with Crippen LogP contribution >= 0.6 is 0 Å². The first-order valence-electron chi connectivity index (χ1n) is 9.16. The van der Waals surface area contributed by atoms with Gasteiger partial charge < -0.3 is 20.8 Å². The fourth-order valence-corrected chi connectivity index (χ4v) is 3.01. The van der Waals surface area contributed by atoms with Gasteiger partial charge in [-0.15, -0.1) is 0 Å². The lowest BCUT2D eigenvalue weighted by molar-refractivity contribution is -0.119. The van der Waals surface area contributed by atoms with Gasteiger partial charge in [0.1, 0.15) is 17.4 Å². The highest BCUT2D eigenvalue weighted by molar-refractivity contribution is 6.08. The molecule has 2 unspecified atom stereocenters. The zero-order valence-corrected chi connectivity index (χ0v) is 16.2. The molecule has 0 spiro atoms. The Bertz CT molecular complexity index is 878. The van der Waals surface area contributed by atoms with Gasteiger partial charge >= 0.3 is 0 Å². The van der Waals surface area contributed by atoms with E-state index in [0.29, 0.717) is 18.7 Å². The number of aromatic nitrogens is 2. The molecule has 1 saturated heterocycles. The summed E-state index contributed by atoms with van der Waals surface area (Å²) in [5.74, 6) is 0.908. The molecule has 144 valence electrons. The number of ether oxygens (including phenoxy) is 1. The topological polar surface area (TPSA) is 91.5 Å². The lowest BCUT2D eigenvalue weighted by atomic mass is 10.0. The summed E-state index contributed by atoms with van der Waals surface area (Å²) in [4.78, 5) is 11.5. The van der Waals surface area contributed by atoms with E-state index < -0.39 is 0 Å². The predicted molar refractivity (Wildman–Crippen MR) is 106 cm³/mol. The molecule has 3 heterocycles. The summed E-state index contributed by atoms with van der Waals surface area (Å²) in [6.45, 7) is 8.81.